The maximum Gasteiger partial charge on any atom is 0.310 e. The predicted octanol–water partition coefficient (Wildman–Crippen LogP) is 7.43. The molecule has 0 aromatic carbocycles. The van der Waals surface area contributed by atoms with Gasteiger partial charge in [-0.15, -0.1) is 0 Å². The molecule has 0 aromatic rings. The second-order valence-corrected chi connectivity index (χ2v) is 16.4. The lowest BCUT2D eigenvalue weighted by atomic mass is 9.34. The highest BCUT2D eigenvalue weighted by Crippen LogP contribution is 2.75. The largest absolute Gasteiger partial charge is 0.465 e. The van der Waals surface area contributed by atoms with Crippen molar-refractivity contribution in [1.29, 1.82) is 0 Å². The van der Waals surface area contributed by atoms with Crippen LogP contribution in [0.25, 0.3) is 0 Å². The molecular formula is C37H60O6. The van der Waals surface area contributed by atoms with Crippen LogP contribution in [0.1, 0.15) is 107 Å². The first-order chi connectivity index (χ1) is 20.3. The Morgan fingerprint density at radius 1 is 1.09 bits per heavy atom. The van der Waals surface area contributed by atoms with Gasteiger partial charge in [0.2, 0.25) is 0 Å². The van der Waals surface area contributed by atoms with Crippen LogP contribution in [0.15, 0.2) is 11.6 Å². The fraction of sp³-hybridized carbons (Fsp3) is 0.892. The first-order valence-electron chi connectivity index (χ1n) is 17.3. The second kappa shape index (κ2) is 11.8. The number of ether oxygens (including phenoxy) is 4. The molecule has 0 aromatic heterocycles. The number of rotatable bonds is 10. The van der Waals surface area contributed by atoms with Crippen molar-refractivity contribution in [3.63, 3.8) is 0 Å². The molecule has 1 saturated heterocycles. The molecule has 6 heteroatoms. The van der Waals surface area contributed by atoms with Crippen LogP contribution in [-0.4, -0.2) is 58.0 Å². The lowest BCUT2D eigenvalue weighted by molar-refractivity contribution is -0.265. The fourth-order valence-electron chi connectivity index (χ4n) is 11.6. The number of methoxy groups -OCH3 is 1. The van der Waals surface area contributed by atoms with Crippen molar-refractivity contribution >= 4 is 12.3 Å². The Morgan fingerprint density at radius 2 is 1.84 bits per heavy atom. The second-order valence-electron chi connectivity index (χ2n) is 16.4. The van der Waals surface area contributed by atoms with Gasteiger partial charge in [-0.3, -0.25) is 4.79 Å². The van der Waals surface area contributed by atoms with Crippen LogP contribution in [0.4, 0.5) is 0 Å². The number of aldehydes is 1. The zero-order chi connectivity index (χ0) is 31.4. The van der Waals surface area contributed by atoms with Gasteiger partial charge in [0.25, 0.3) is 0 Å². The number of carbonyl (C=O) groups excluding carboxylic acids is 2. The van der Waals surface area contributed by atoms with E-state index in [1.54, 1.807) is 12.7 Å². The van der Waals surface area contributed by atoms with E-state index in [1.807, 2.05) is 0 Å². The van der Waals surface area contributed by atoms with E-state index in [9.17, 15) is 9.59 Å². The Balaban J connectivity index is 1.58. The van der Waals surface area contributed by atoms with Crippen molar-refractivity contribution in [2.75, 3.05) is 33.5 Å². The first-order valence-corrected chi connectivity index (χ1v) is 17.3. The Morgan fingerprint density at radius 3 is 2.49 bits per heavy atom. The predicted molar refractivity (Wildman–Crippen MR) is 168 cm³/mol. The third-order valence-electron chi connectivity index (χ3n) is 14.4. The summed E-state index contributed by atoms with van der Waals surface area (Å²) in [5, 5.41) is 0. The van der Waals surface area contributed by atoms with Gasteiger partial charge in [-0.05, 0) is 84.9 Å². The third kappa shape index (κ3) is 4.73. The monoisotopic (exact) mass is 600 g/mol. The van der Waals surface area contributed by atoms with E-state index in [0.29, 0.717) is 43.5 Å². The van der Waals surface area contributed by atoms with Crippen molar-refractivity contribution in [3.8, 4) is 0 Å². The average molecular weight is 601 g/mol. The number of carbonyl (C=O) groups is 2. The van der Waals surface area contributed by atoms with E-state index in [0.717, 1.165) is 57.7 Å². The van der Waals surface area contributed by atoms with Gasteiger partial charge in [-0.1, -0.05) is 73.5 Å². The van der Waals surface area contributed by atoms with Crippen LogP contribution < -0.4 is 0 Å². The summed E-state index contributed by atoms with van der Waals surface area (Å²) in [6, 6.07) is 0. The molecule has 5 aliphatic rings. The van der Waals surface area contributed by atoms with Crippen LogP contribution in [0.3, 0.4) is 0 Å². The summed E-state index contributed by atoms with van der Waals surface area (Å²) in [7, 11) is 1.79. The number of esters is 1. The molecular weight excluding hydrogens is 540 g/mol. The van der Waals surface area contributed by atoms with E-state index in [1.165, 1.54) is 0 Å². The molecule has 6 nitrogen and oxygen atoms in total. The Kier molecular flexibility index (Phi) is 9.13. The molecule has 0 radical (unpaired) electrons. The molecule has 0 amide bonds. The molecule has 0 N–H and O–H groups in total. The van der Waals surface area contributed by atoms with E-state index in [-0.39, 0.29) is 57.8 Å². The summed E-state index contributed by atoms with van der Waals surface area (Å²) in [5.41, 5.74) is 0.886. The number of hydrogen-bond donors (Lipinski definition) is 0. The maximum atomic E-state index is 14.3. The highest BCUT2D eigenvalue weighted by atomic mass is 16.5. The van der Waals surface area contributed by atoms with E-state index >= 15 is 0 Å². The lowest BCUT2D eigenvalue weighted by Gasteiger charge is -2.71. The van der Waals surface area contributed by atoms with E-state index in [2.05, 4.69) is 61.5 Å². The molecule has 5 rings (SSSR count). The Bertz CT molecular complexity index is 1080. The minimum atomic E-state index is -0.225. The van der Waals surface area contributed by atoms with Crippen molar-refractivity contribution in [3.05, 3.63) is 11.6 Å². The zero-order valence-corrected chi connectivity index (χ0v) is 28.6. The SMILES string of the molecule is CCCCOC(=O)[C@@H]1[C@@](C)([C@H](C)C(C)C)CC[C@]2(C)[C@H]3CC[C@@H]4C5(COC[C@]4(C)[C@@H](OCC=O)[C@H](OC)C5)C3=CC[C@@]12C. The summed E-state index contributed by atoms with van der Waals surface area (Å²) in [5.74, 6) is 1.59. The molecule has 2 bridgehead atoms. The highest BCUT2D eigenvalue weighted by molar-refractivity contribution is 5.75. The van der Waals surface area contributed by atoms with Crippen LogP contribution in [0, 0.1) is 56.7 Å². The minimum absolute atomic E-state index is 0.0251. The summed E-state index contributed by atoms with van der Waals surface area (Å²) >= 11 is 0. The van der Waals surface area contributed by atoms with Crippen LogP contribution >= 0.6 is 0 Å². The fourth-order valence-corrected chi connectivity index (χ4v) is 11.6. The number of allylic oxidation sites excluding steroid dienone is 1. The summed E-state index contributed by atoms with van der Waals surface area (Å²) in [6.07, 6.45) is 11.2. The Hall–Kier alpha value is -1.24. The van der Waals surface area contributed by atoms with Gasteiger partial charge < -0.3 is 23.7 Å². The van der Waals surface area contributed by atoms with Crippen molar-refractivity contribution in [1.82, 2.24) is 0 Å². The molecule has 4 aliphatic carbocycles. The number of fused-ring (bicyclic) bond motifs is 3. The van der Waals surface area contributed by atoms with E-state index < -0.39 is 0 Å². The van der Waals surface area contributed by atoms with Gasteiger partial charge >= 0.3 is 5.97 Å². The topological polar surface area (TPSA) is 71.1 Å². The lowest BCUT2D eigenvalue weighted by Crippen LogP contribution is -2.70. The molecule has 1 aliphatic heterocycles. The van der Waals surface area contributed by atoms with Crippen molar-refractivity contribution < 1.29 is 28.5 Å². The molecule has 1 heterocycles. The zero-order valence-electron chi connectivity index (χ0n) is 28.6. The summed E-state index contributed by atoms with van der Waals surface area (Å²) in [4.78, 5) is 25.6. The summed E-state index contributed by atoms with van der Waals surface area (Å²) in [6.45, 7) is 20.7. The van der Waals surface area contributed by atoms with Gasteiger partial charge in [0.05, 0.1) is 37.9 Å². The number of unbranched alkanes of at least 4 members (excludes halogenated alkanes) is 1. The van der Waals surface area contributed by atoms with Gasteiger partial charge in [0.1, 0.15) is 12.9 Å². The van der Waals surface area contributed by atoms with Crippen LogP contribution in [0.5, 0.6) is 0 Å². The first kappa shape index (κ1) is 33.1. The Labute approximate surface area is 261 Å². The van der Waals surface area contributed by atoms with Crippen molar-refractivity contribution in [2.24, 2.45) is 56.7 Å². The van der Waals surface area contributed by atoms with Crippen LogP contribution in [-0.2, 0) is 28.5 Å². The van der Waals surface area contributed by atoms with Crippen LogP contribution in [0.2, 0.25) is 0 Å². The molecule has 1 unspecified atom stereocenters. The number of hydrogen-bond acceptors (Lipinski definition) is 6. The molecule has 0 spiro atoms. The normalized spacial score (nSPS) is 46.2. The van der Waals surface area contributed by atoms with E-state index in [4.69, 9.17) is 18.9 Å². The third-order valence-corrected chi connectivity index (χ3v) is 14.4. The van der Waals surface area contributed by atoms with Gasteiger partial charge in [-0.2, -0.15) is 0 Å². The molecule has 11 atom stereocenters. The van der Waals surface area contributed by atoms with Gasteiger partial charge in [-0.25, -0.2) is 0 Å². The van der Waals surface area contributed by atoms with Crippen molar-refractivity contribution in [2.45, 2.75) is 119 Å². The standard InChI is InChI=1S/C37H60O6/c1-10-11-19-43-32(39)30-33(5,25(4)24(2)3)16-17-35(7)26-12-13-29-34(6)22-41-23-37(29,27(26)14-15-36(30,35)8)21-28(40-9)31(34)42-20-18-38/h14,18,24-26,28-31H,10-13,15-17,19-23H2,1-9H3/t25-,26+,28-,29+,30-,31+,33-,34+,35-,36+,37?/m1/s1. The highest BCUT2D eigenvalue weighted by Gasteiger charge is 2.71. The quantitative estimate of drug-likeness (QED) is 0.112. The minimum Gasteiger partial charge on any atom is -0.465 e. The van der Waals surface area contributed by atoms with Gasteiger partial charge in [0, 0.05) is 17.9 Å². The molecule has 43 heavy (non-hydrogen) atoms. The average Bonchev–Trinajstić information content (AvgIpc) is 2.96. The molecule has 4 fully saturated rings. The molecule has 3 saturated carbocycles. The van der Waals surface area contributed by atoms with Gasteiger partial charge in [0.15, 0.2) is 0 Å². The summed E-state index contributed by atoms with van der Waals surface area (Å²) < 4.78 is 25.0. The molecule has 244 valence electrons. The maximum absolute atomic E-state index is 14.3. The smallest absolute Gasteiger partial charge is 0.310 e.